The molecular weight excluding hydrogens is 540 g/mol. The Morgan fingerprint density at radius 2 is 1.27 bits per heavy atom. The highest BCUT2D eigenvalue weighted by atomic mass is 127. The minimum atomic E-state index is -1.96. The van der Waals surface area contributed by atoms with Gasteiger partial charge in [0, 0.05) is 11.8 Å². The molecule has 0 aliphatic heterocycles. The minimum Gasteiger partial charge on any atom is -1.00 e. The summed E-state index contributed by atoms with van der Waals surface area (Å²) in [5.41, 5.74) is 1.33. The third-order valence-electron chi connectivity index (χ3n) is 5.55. The van der Waals surface area contributed by atoms with E-state index in [1.807, 2.05) is 39.0 Å². The Hall–Kier alpha value is -2.43. The first-order valence-electron chi connectivity index (χ1n) is 10.8. The molecule has 5 heteroatoms. The Labute approximate surface area is 214 Å². The summed E-state index contributed by atoms with van der Waals surface area (Å²) in [5, 5.41) is 3.84. The number of hydrogen-bond acceptors (Lipinski definition) is 2. The van der Waals surface area contributed by atoms with E-state index in [2.05, 4.69) is 85.5 Å². The molecule has 33 heavy (non-hydrogen) atoms. The van der Waals surface area contributed by atoms with Crippen LogP contribution in [0.1, 0.15) is 20.8 Å². The highest BCUT2D eigenvalue weighted by Crippen LogP contribution is 2.53. The number of hydrogen-bond donors (Lipinski definition) is 0. The SMILES string of the molecule is CC(C)(C)OC(=O)n1cccc1-c1ccccc1[P+](C)(c1ccccc1)c1ccccc1.[I-]. The van der Waals surface area contributed by atoms with Gasteiger partial charge in [-0.1, -0.05) is 48.5 Å². The summed E-state index contributed by atoms with van der Waals surface area (Å²) in [4.78, 5) is 13.0. The Kier molecular flexibility index (Phi) is 7.81. The first-order chi connectivity index (χ1) is 15.3. The van der Waals surface area contributed by atoms with E-state index < -0.39 is 12.9 Å². The van der Waals surface area contributed by atoms with Gasteiger partial charge in [0.2, 0.25) is 0 Å². The Bertz CT molecular complexity index is 1170. The van der Waals surface area contributed by atoms with Crippen LogP contribution in [0.4, 0.5) is 4.79 Å². The second-order valence-electron chi connectivity index (χ2n) is 8.94. The van der Waals surface area contributed by atoms with Crippen LogP contribution in [0.3, 0.4) is 0 Å². The fourth-order valence-electron chi connectivity index (χ4n) is 4.03. The molecule has 170 valence electrons. The van der Waals surface area contributed by atoms with Gasteiger partial charge < -0.3 is 28.7 Å². The monoisotopic (exact) mass is 569 g/mol. The van der Waals surface area contributed by atoms with Crippen LogP contribution in [0, 0.1) is 0 Å². The molecular formula is C28H29INO2P. The largest absolute Gasteiger partial charge is 1.00 e. The predicted octanol–water partition coefficient (Wildman–Crippen LogP) is 2.87. The van der Waals surface area contributed by atoms with Crippen molar-refractivity contribution in [2.75, 3.05) is 6.66 Å². The van der Waals surface area contributed by atoms with Crippen molar-refractivity contribution in [3.63, 3.8) is 0 Å². The molecule has 0 radical (unpaired) electrons. The third-order valence-corrected chi connectivity index (χ3v) is 9.56. The summed E-state index contributed by atoms with van der Waals surface area (Å²) in [5.74, 6) is 0. The Morgan fingerprint density at radius 3 is 1.82 bits per heavy atom. The maximum atomic E-state index is 13.0. The lowest BCUT2D eigenvalue weighted by Crippen LogP contribution is -3.00. The van der Waals surface area contributed by atoms with E-state index in [0.29, 0.717) is 0 Å². The molecule has 0 aliphatic rings. The zero-order chi connectivity index (χ0) is 22.8. The zero-order valence-electron chi connectivity index (χ0n) is 19.4. The maximum absolute atomic E-state index is 13.0. The van der Waals surface area contributed by atoms with E-state index >= 15 is 0 Å². The first-order valence-corrected chi connectivity index (χ1v) is 13.0. The van der Waals surface area contributed by atoms with Crippen LogP contribution in [0.5, 0.6) is 0 Å². The molecule has 3 aromatic carbocycles. The number of benzene rings is 3. The van der Waals surface area contributed by atoms with Crippen molar-refractivity contribution in [3.05, 3.63) is 103 Å². The number of carbonyl (C=O) groups is 1. The lowest BCUT2D eigenvalue weighted by Gasteiger charge is -2.26. The van der Waals surface area contributed by atoms with Crippen LogP contribution >= 0.6 is 7.26 Å². The molecule has 4 rings (SSSR count). The molecule has 0 saturated carbocycles. The number of halogens is 1. The predicted molar refractivity (Wildman–Crippen MR) is 136 cm³/mol. The van der Waals surface area contributed by atoms with Gasteiger partial charge in [-0.15, -0.1) is 0 Å². The fraction of sp³-hybridized carbons (Fsp3) is 0.179. The van der Waals surface area contributed by atoms with Crippen LogP contribution in [0.15, 0.2) is 103 Å². The Balaban J connectivity index is 0.00000306. The van der Waals surface area contributed by atoms with E-state index in [4.69, 9.17) is 4.74 Å². The third kappa shape index (κ3) is 5.23. The number of ether oxygens (including phenoxy) is 1. The van der Waals surface area contributed by atoms with Gasteiger partial charge in [0.15, 0.2) is 0 Å². The van der Waals surface area contributed by atoms with E-state index in [9.17, 15) is 4.79 Å². The van der Waals surface area contributed by atoms with Gasteiger partial charge in [-0.2, -0.15) is 0 Å². The fourth-order valence-corrected chi connectivity index (χ4v) is 7.48. The summed E-state index contributed by atoms with van der Waals surface area (Å²) in [6.07, 6.45) is 1.41. The summed E-state index contributed by atoms with van der Waals surface area (Å²) >= 11 is 0. The lowest BCUT2D eigenvalue weighted by atomic mass is 10.1. The van der Waals surface area contributed by atoms with E-state index in [-0.39, 0.29) is 30.1 Å². The molecule has 0 bridgehead atoms. The average Bonchev–Trinajstić information content (AvgIpc) is 3.29. The number of aromatic nitrogens is 1. The van der Waals surface area contributed by atoms with Gasteiger partial charge in [-0.25, -0.2) is 4.79 Å². The lowest BCUT2D eigenvalue weighted by molar-refractivity contribution is -0.0000275. The van der Waals surface area contributed by atoms with Gasteiger partial charge >= 0.3 is 6.09 Å². The normalized spacial score (nSPS) is 11.5. The van der Waals surface area contributed by atoms with Crippen LogP contribution in [-0.4, -0.2) is 22.9 Å². The van der Waals surface area contributed by atoms with Crippen molar-refractivity contribution in [1.82, 2.24) is 4.57 Å². The molecule has 1 aromatic heterocycles. The second kappa shape index (κ2) is 10.2. The maximum Gasteiger partial charge on any atom is 0.418 e. The minimum absolute atomic E-state index is 0. The highest BCUT2D eigenvalue weighted by molar-refractivity contribution is 7.95. The summed E-state index contributed by atoms with van der Waals surface area (Å²) < 4.78 is 7.29. The molecule has 0 spiro atoms. The number of carbonyl (C=O) groups excluding carboxylic acids is 1. The standard InChI is InChI=1S/C28H29NO2P.HI/c1-28(2,3)31-27(30)29-21-13-19-25(29)24-18-11-12-20-26(24)32(4,22-14-7-5-8-15-22)23-16-9-6-10-17-23;/h5-21H,1-4H3;1H/q+1;/p-1. The molecule has 0 amide bonds. The first kappa shape index (κ1) is 25.2. The van der Waals surface area contributed by atoms with Crippen molar-refractivity contribution in [1.29, 1.82) is 0 Å². The van der Waals surface area contributed by atoms with Crippen LogP contribution < -0.4 is 39.9 Å². The Morgan fingerprint density at radius 1 is 0.758 bits per heavy atom. The molecule has 0 N–H and O–H groups in total. The summed E-state index contributed by atoms with van der Waals surface area (Å²) in [6.45, 7) is 8.01. The number of nitrogens with zero attached hydrogens (tertiary/aromatic N) is 1. The topological polar surface area (TPSA) is 31.2 Å². The highest BCUT2D eigenvalue weighted by Gasteiger charge is 2.42. The molecule has 0 fully saturated rings. The summed E-state index contributed by atoms with van der Waals surface area (Å²) in [6, 6.07) is 33.7. The molecule has 0 saturated heterocycles. The van der Waals surface area contributed by atoms with Crippen molar-refractivity contribution >= 4 is 29.3 Å². The van der Waals surface area contributed by atoms with Gasteiger partial charge in [-0.05, 0) is 69.3 Å². The summed E-state index contributed by atoms with van der Waals surface area (Å²) in [7, 11) is -1.96. The van der Waals surface area contributed by atoms with Crippen molar-refractivity contribution < 1.29 is 33.5 Å². The van der Waals surface area contributed by atoms with Gasteiger partial charge in [-0.3, -0.25) is 4.57 Å². The van der Waals surface area contributed by atoms with E-state index in [1.165, 1.54) is 15.9 Å². The average molecular weight is 569 g/mol. The molecule has 0 unspecified atom stereocenters. The van der Waals surface area contributed by atoms with Gasteiger partial charge in [0.1, 0.15) is 28.8 Å². The zero-order valence-corrected chi connectivity index (χ0v) is 22.5. The molecule has 3 nitrogen and oxygen atoms in total. The van der Waals surface area contributed by atoms with Crippen LogP contribution in [-0.2, 0) is 4.74 Å². The molecule has 0 atom stereocenters. The van der Waals surface area contributed by atoms with Gasteiger partial charge in [0.25, 0.3) is 0 Å². The van der Waals surface area contributed by atoms with E-state index in [1.54, 1.807) is 10.8 Å². The van der Waals surface area contributed by atoms with Crippen molar-refractivity contribution in [2.24, 2.45) is 0 Å². The second-order valence-corrected chi connectivity index (χ2v) is 12.5. The molecule has 0 aliphatic carbocycles. The van der Waals surface area contributed by atoms with E-state index in [0.717, 1.165) is 11.3 Å². The quantitative estimate of drug-likeness (QED) is 0.280. The van der Waals surface area contributed by atoms with Crippen LogP contribution in [0.2, 0.25) is 0 Å². The van der Waals surface area contributed by atoms with Gasteiger partial charge in [0.05, 0.1) is 12.4 Å². The molecule has 1 heterocycles. The molecule has 4 aromatic rings. The smallest absolute Gasteiger partial charge is 0.418 e. The van der Waals surface area contributed by atoms with Crippen LogP contribution in [0.25, 0.3) is 11.3 Å². The number of rotatable bonds is 4. The van der Waals surface area contributed by atoms with Crippen molar-refractivity contribution in [3.8, 4) is 11.3 Å². The van der Waals surface area contributed by atoms with Crippen molar-refractivity contribution in [2.45, 2.75) is 26.4 Å².